The zero-order chi connectivity index (χ0) is 10.4. The Labute approximate surface area is 81.1 Å². The van der Waals surface area contributed by atoms with E-state index in [9.17, 15) is 4.79 Å². The van der Waals surface area contributed by atoms with Gasteiger partial charge in [0.1, 0.15) is 0 Å². The molecule has 0 fully saturated rings. The second kappa shape index (κ2) is 5.97. The van der Waals surface area contributed by atoms with Crippen molar-refractivity contribution in [1.29, 1.82) is 0 Å². The van der Waals surface area contributed by atoms with E-state index in [0.717, 1.165) is 6.42 Å². The van der Waals surface area contributed by atoms with Crippen LogP contribution < -0.4 is 0 Å². The van der Waals surface area contributed by atoms with Gasteiger partial charge in [0.2, 0.25) is 5.91 Å². The van der Waals surface area contributed by atoms with Gasteiger partial charge in [-0.05, 0) is 13.3 Å². The molecule has 0 spiro atoms. The lowest BCUT2D eigenvalue weighted by atomic mass is 10.2. The molecule has 0 rings (SSSR count). The number of carbonyl (C=O) groups is 1. The molecule has 2 atom stereocenters. The topological polar surface area (TPSA) is 29.5 Å². The van der Waals surface area contributed by atoms with Gasteiger partial charge in [0, 0.05) is 14.1 Å². The van der Waals surface area contributed by atoms with Crippen molar-refractivity contribution in [3.05, 3.63) is 0 Å². The van der Waals surface area contributed by atoms with Crippen LogP contribution in [-0.2, 0) is 9.53 Å². The van der Waals surface area contributed by atoms with Crippen LogP contribution in [0.3, 0.4) is 0 Å². The van der Waals surface area contributed by atoms with Crippen molar-refractivity contribution in [3.63, 3.8) is 0 Å². The third-order valence-electron chi connectivity index (χ3n) is 2.07. The zero-order valence-corrected chi connectivity index (χ0v) is 9.33. The van der Waals surface area contributed by atoms with Crippen molar-refractivity contribution in [2.45, 2.75) is 33.3 Å². The highest BCUT2D eigenvalue weighted by Crippen LogP contribution is 2.04. The van der Waals surface area contributed by atoms with Crippen molar-refractivity contribution in [1.82, 2.24) is 4.90 Å². The summed E-state index contributed by atoms with van der Waals surface area (Å²) in [4.78, 5) is 13.0. The summed E-state index contributed by atoms with van der Waals surface area (Å²) in [6.07, 6.45) is 1.24. The first kappa shape index (κ1) is 12.4. The van der Waals surface area contributed by atoms with Crippen LogP contribution in [0.4, 0.5) is 0 Å². The van der Waals surface area contributed by atoms with Crippen molar-refractivity contribution in [3.8, 4) is 0 Å². The Kier molecular flexibility index (Phi) is 5.71. The van der Waals surface area contributed by atoms with Crippen LogP contribution in [0.2, 0.25) is 0 Å². The van der Waals surface area contributed by atoms with Crippen LogP contribution in [0, 0.1) is 5.92 Å². The van der Waals surface area contributed by atoms with Crippen LogP contribution in [-0.4, -0.2) is 37.6 Å². The van der Waals surface area contributed by atoms with Gasteiger partial charge in [0.05, 0.1) is 18.6 Å². The van der Waals surface area contributed by atoms with Crippen molar-refractivity contribution < 1.29 is 9.53 Å². The molecule has 3 nitrogen and oxygen atoms in total. The molecular weight excluding hydrogens is 166 g/mol. The Bertz CT molecular complexity index is 157. The van der Waals surface area contributed by atoms with Gasteiger partial charge in [-0.15, -0.1) is 0 Å². The third-order valence-corrected chi connectivity index (χ3v) is 2.07. The first-order valence-electron chi connectivity index (χ1n) is 4.81. The molecule has 0 aromatic carbocycles. The summed E-state index contributed by atoms with van der Waals surface area (Å²) >= 11 is 0. The Hall–Kier alpha value is -0.570. The maximum Gasteiger partial charge on any atom is 0.227 e. The summed E-state index contributed by atoms with van der Waals surface area (Å²) in [5, 5.41) is 0. The summed E-state index contributed by atoms with van der Waals surface area (Å²) in [5.41, 5.74) is 0. The molecule has 3 heteroatoms. The highest BCUT2D eigenvalue weighted by Gasteiger charge is 2.15. The van der Waals surface area contributed by atoms with Gasteiger partial charge in [-0.1, -0.05) is 13.8 Å². The van der Waals surface area contributed by atoms with E-state index in [1.165, 1.54) is 0 Å². The van der Waals surface area contributed by atoms with Crippen LogP contribution >= 0.6 is 0 Å². The fraction of sp³-hybridized carbons (Fsp3) is 0.900. The molecule has 0 saturated carbocycles. The van der Waals surface area contributed by atoms with Gasteiger partial charge in [-0.3, -0.25) is 4.79 Å². The van der Waals surface area contributed by atoms with Crippen molar-refractivity contribution in [2.75, 3.05) is 20.7 Å². The fourth-order valence-corrected chi connectivity index (χ4v) is 0.939. The summed E-state index contributed by atoms with van der Waals surface area (Å²) in [6.45, 7) is 6.51. The highest BCUT2D eigenvalue weighted by molar-refractivity contribution is 5.77. The molecule has 0 bridgehead atoms. The molecule has 0 aliphatic rings. The average molecular weight is 187 g/mol. The predicted molar refractivity (Wildman–Crippen MR) is 53.6 cm³/mol. The molecule has 2 unspecified atom stereocenters. The monoisotopic (exact) mass is 187 g/mol. The Balaban J connectivity index is 3.74. The number of hydrogen-bond acceptors (Lipinski definition) is 2. The standard InChI is InChI=1S/C10H21NO2/c1-6-9(3)13-7-8(2)10(12)11(4)5/h8-9H,6-7H2,1-5H3. The van der Waals surface area contributed by atoms with Gasteiger partial charge in [-0.25, -0.2) is 0 Å². The normalized spacial score (nSPS) is 15.2. The van der Waals surface area contributed by atoms with Gasteiger partial charge in [0.15, 0.2) is 0 Å². The quantitative estimate of drug-likeness (QED) is 0.653. The Morgan fingerprint density at radius 1 is 1.38 bits per heavy atom. The van der Waals surface area contributed by atoms with Crippen LogP contribution in [0.25, 0.3) is 0 Å². The maximum atomic E-state index is 11.4. The molecule has 0 saturated heterocycles. The molecule has 0 aromatic rings. The number of carbonyl (C=O) groups excluding carboxylic acids is 1. The van der Waals surface area contributed by atoms with E-state index >= 15 is 0 Å². The lowest BCUT2D eigenvalue weighted by Gasteiger charge is -2.18. The van der Waals surface area contributed by atoms with Crippen LogP contribution in [0.1, 0.15) is 27.2 Å². The molecule has 0 aromatic heterocycles. The second-order valence-corrected chi connectivity index (χ2v) is 3.69. The van der Waals surface area contributed by atoms with Crippen molar-refractivity contribution in [2.24, 2.45) is 5.92 Å². The fourth-order valence-electron chi connectivity index (χ4n) is 0.939. The first-order chi connectivity index (χ1) is 5.99. The first-order valence-corrected chi connectivity index (χ1v) is 4.81. The smallest absolute Gasteiger partial charge is 0.227 e. The molecule has 13 heavy (non-hydrogen) atoms. The second-order valence-electron chi connectivity index (χ2n) is 3.69. The highest BCUT2D eigenvalue weighted by atomic mass is 16.5. The largest absolute Gasteiger partial charge is 0.378 e. The van der Waals surface area contributed by atoms with E-state index in [1.807, 2.05) is 13.8 Å². The van der Waals surface area contributed by atoms with E-state index < -0.39 is 0 Å². The van der Waals surface area contributed by atoms with E-state index in [0.29, 0.717) is 6.61 Å². The number of amides is 1. The van der Waals surface area contributed by atoms with Crippen LogP contribution in [0.15, 0.2) is 0 Å². The van der Waals surface area contributed by atoms with Gasteiger partial charge in [0.25, 0.3) is 0 Å². The van der Waals surface area contributed by atoms with Crippen molar-refractivity contribution >= 4 is 5.91 Å². The SMILES string of the molecule is CCC(C)OCC(C)C(=O)N(C)C. The minimum atomic E-state index is -0.0380. The number of ether oxygens (including phenoxy) is 1. The maximum absolute atomic E-state index is 11.4. The van der Waals surface area contributed by atoms with E-state index in [4.69, 9.17) is 4.74 Å². The minimum absolute atomic E-state index is 0.0380. The summed E-state index contributed by atoms with van der Waals surface area (Å²) in [6, 6.07) is 0. The molecule has 1 amide bonds. The molecule has 0 aliphatic carbocycles. The lowest BCUT2D eigenvalue weighted by Crippen LogP contribution is -2.31. The predicted octanol–water partition coefficient (Wildman–Crippen LogP) is 1.53. The number of hydrogen-bond donors (Lipinski definition) is 0. The summed E-state index contributed by atoms with van der Waals surface area (Å²) in [5.74, 6) is 0.0901. The molecule has 78 valence electrons. The van der Waals surface area contributed by atoms with Gasteiger partial charge >= 0.3 is 0 Å². The zero-order valence-electron chi connectivity index (χ0n) is 9.33. The number of nitrogens with zero attached hydrogens (tertiary/aromatic N) is 1. The molecule has 0 aliphatic heterocycles. The average Bonchev–Trinajstić information content (AvgIpc) is 2.11. The number of rotatable bonds is 5. The molecular formula is C10H21NO2. The summed E-state index contributed by atoms with van der Waals surface area (Å²) < 4.78 is 5.48. The Morgan fingerprint density at radius 2 is 1.92 bits per heavy atom. The molecule has 0 heterocycles. The lowest BCUT2D eigenvalue weighted by molar-refractivity contribution is -0.135. The van der Waals surface area contributed by atoms with Gasteiger partial charge in [-0.2, -0.15) is 0 Å². The van der Waals surface area contributed by atoms with E-state index in [1.54, 1.807) is 19.0 Å². The molecule has 0 N–H and O–H groups in total. The minimum Gasteiger partial charge on any atom is -0.378 e. The van der Waals surface area contributed by atoms with Crippen LogP contribution in [0.5, 0.6) is 0 Å². The summed E-state index contributed by atoms with van der Waals surface area (Å²) in [7, 11) is 3.53. The third kappa shape index (κ3) is 4.88. The van der Waals surface area contributed by atoms with E-state index in [-0.39, 0.29) is 17.9 Å². The molecule has 0 radical (unpaired) electrons. The Morgan fingerprint density at radius 3 is 2.31 bits per heavy atom. The van der Waals surface area contributed by atoms with Gasteiger partial charge < -0.3 is 9.64 Å². The van der Waals surface area contributed by atoms with E-state index in [2.05, 4.69) is 6.92 Å².